The fourth-order valence-electron chi connectivity index (χ4n) is 2.08. The van der Waals surface area contributed by atoms with Gasteiger partial charge in [0.2, 0.25) is 0 Å². The summed E-state index contributed by atoms with van der Waals surface area (Å²) in [6.07, 6.45) is 0.479. The smallest absolute Gasteiger partial charge is 0.163 e. The van der Waals surface area contributed by atoms with Crippen LogP contribution in [0.5, 0.6) is 0 Å². The molecular weight excluding hydrogens is 204 g/mol. The average Bonchev–Trinajstić information content (AvgIpc) is 2.54. The Balaban J connectivity index is 2.04. The minimum atomic E-state index is -0.590. The van der Waals surface area contributed by atoms with Gasteiger partial charge in [0, 0.05) is 6.42 Å². The molecule has 1 aliphatic rings. The SMILES string of the molecule is CC1(C)OC(CO)C(Cc2ccccc2)O1. The highest BCUT2D eigenvalue weighted by Gasteiger charge is 2.40. The zero-order valence-corrected chi connectivity index (χ0v) is 9.72. The summed E-state index contributed by atoms with van der Waals surface area (Å²) < 4.78 is 11.4. The van der Waals surface area contributed by atoms with Gasteiger partial charge in [0.05, 0.1) is 12.7 Å². The second-order valence-corrected chi connectivity index (χ2v) is 4.58. The topological polar surface area (TPSA) is 38.7 Å². The van der Waals surface area contributed by atoms with Crippen molar-refractivity contribution in [2.24, 2.45) is 0 Å². The van der Waals surface area contributed by atoms with E-state index in [0.717, 1.165) is 6.42 Å². The Morgan fingerprint density at radius 1 is 1.12 bits per heavy atom. The maximum atomic E-state index is 9.24. The summed E-state index contributed by atoms with van der Waals surface area (Å²) in [5.41, 5.74) is 1.20. The second-order valence-electron chi connectivity index (χ2n) is 4.58. The third kappa shape index (κ3) is 2.61. The number of aliphatic hydroxyl groups is 1. The van der Waals surface area contributed by atoms with Gasteiger partial charge in [0.25, 0.3) is 0 Å². The van der Waals surface area contributed by atoms with E-state index in [4.69, 9.17) is 9.47 Å². The van der Waals surface area contributed by atoms with Gasteiger partial charge >= 0.3 is 0 Å². The Bertz CT molecular complexity index is 334. The molecule has 16 heavy (non-hydrogen) atoms. The van der Waals surface area contributed by atoms with Gasteiger partial charge in [-0.3, -0.25) is 0 Å². The molecule has 0 saturated carbocycles. The van der Waals surface area contributed by atoms with Crippen LogP contribution in [0.15, 0.2) is 30.3 Å². The van der Waals surface area contributed by atoms with Crippen LogP contribution in [0.4, 0.5) is 0 Å². The number of rotatable bonds is 3. The van der Waals surface area contributed by atoms with Gasteiger partial charge in [-0.2, -0.15) is 0 Å². The normalized spacial score (nSPS) is 28.2. The van der Waals surface area contributed by atoms with E-state index in [1.807, 2.05) is 32.0 Å². The summed E-state index contributed by atoms with van der Waals surface area (Å²) in [6, 6.07) is 10.1. The molecule has 0 bridgehead atoms. The lowest BCUT2D eigenvalue weighted by molar-refractivity contribution is -0.149. The Kier molecular flexibility index (Phi) is 3.28. The van der Waals surface area contributed by atoms with Gasteiger partial charge < -0.3 is 14.6 Å². The van der Waals surface area contributed by atoms with Crippen molar-refractivity contribution in [3.63, 3.8) is 0 Å². The molecule has 0 aromatic heterocycles. The molecule has 0 radical (unpaired) electrons. The van der Waals surface area contributed by atoms with E-state index in [-0.39, 0.29) is 18.8 Å². The van der Waals surface area contributed by atoms with E-state index in [1.54, 1.807) is 0 Å². The largest absolute Gasteiger partial charge is 0.394 e. The van der Waals surface area contributed by atoms with Crippen LogP contribution in [0.2, 0.25) is 0 Å². The van der Waals surface area contributed by atoms with Crippen LogP contribution in [-0.2, 0) is 15.9 Å². The fraction of sp³-hybridized carbons (Fsp3) is 0.538. The molecule has 3 nitrogen and oxygen atoms in total. The summed E-state index contributed by atoms with van der Waals surface area (Å²) in [5, 5.41) is 9.24. The molecule has 3 heteroatoms. The van der Waals surface area contributed by atoms with Crippen LogP contribution < -0.4 is 0 Å². The van der Waals surface area contributed by atoms with Crippen molar-refractivity contribution in [2.75, 3.05) is 6.61 Å². The van der Waals surface area contributed by atoms with Crippen molar-refractivity contribution >= 4 is 0 Å². The Labute approximate surface area is 96.0 Å². The van der Waals surface area contributed by atoms with Crippen molar-refractivity contribution < 1.29 is 14.6 Å². The summed E-state index contributed by atoms with van der Waals surface area (Å²) in [6.45, 7) is 3.75. The highest BCUT2D eigenvalue weighted by atomic mass is 16.8. The van der Waals surface area contributed by atoms with E-state index in [0.29, 0.717) is 0 Å². The molecule has 0 aliphatic carbocycles. The van der Waals surface area contributed by atoms with Gasteiger partial charge in [-0.05, 0) is 19.4 Å². The molecule has 1 aromatic rings. The fourth-order valence-corrected chi connectivity index (χ4v) is 2.08. The van der Waals surface area contributed by atoms with E-state index >= 15 is 0 Å². The summed E-state index contributed by atoms with van der Waals surface area (Å²) >= 11 is 0. The standard InChI is InChI=1S/C13H18O3/c1-13(2)15-11(12(9-14)16-13)8-10-6-4-3-5-7-10/h3-7,11-12,14H,8-9H2,1-2H3. The first kappa shape index (κ1) is 11.6. The minimum absolute atomic E-state index is 0.000923. The van der Waals surface area contributed by atoms with Crippen molar-refractivity contribution in [2.45, 2.75) is 38.3 Å². The average molecular weight is 222 g/mol. The molecule has 88 valence electrons. The van der Waals surface area contributed by atoms with E-state index in [9.17, 15) is 5.11 Å². The predicted octanol–water partition coefficient (Wildman–Crippen LogP) is 1.74. The minimum Gasteiger partial charge on any atom is -0.394 e. The molecule has 1 aliphatic heterocycles. The Morgan fingerprint density at radius 3 is 2.38 bits per heavy atom. The number of benzene rings is 1. The Hall–Kier alpha value is -0.900. The third-order valence-corrected chi connectivity index (χ3v) is 2.74. The number of aliphatic hydroxyl groups excluding tert-OH is 1. The Morgan fingerprint density at radius 2 is 1.75 bits per heavy atom. The maximum Gasteiger partial charge on any atom is 0.163 e. The zero-order valence-electron chi connectivity index (χ0n) is 9.72. The number of ether oxygens (including phenoxy) is 2. The first-order chi connectivity index (χ1) is 7.61. The number of hydrogen-bond donors (Lipinski definition) is 1. The molecule has 1 fully saturated rings. The summed E-state index contributed by atoms with van der Waals surface area (Å²) in [5.74, 6) is -0.590. The van der Waals surface area contributed by atoms with Gasteiger partial charge in [-0.15, -0.1) is 0 Å². The molecule has 1 aromatic carbocycles. The van der Waals surface area contributed by atoms with E-state index in [2.05, 4.69) is 12.1 Å². The first-order valence-electron chi connectivity index (χ1n) is 5.61. The van der Waals surface area contributed by atoms with Crippen molar-refractivity contribution in [3.8, 4) is 0 Å². The summed E-state index contributed by atoms with van der Waals surface area (Å²) in [4.78, 5) is 0. The van der Waals surface area contributed by atoms with Crippen LogP contribution >= 0.6 is 0 Å². The molecule has 0 amide bonds. The molecule has 2 rings (SSSR count). The van der Waals surface area contributed by atoms with Crippen molar-refractivity contribution in [1.82, 2.24) is 0 Å². The molecular formula is C13H18O3. The molecule has 1 heterocycles. The molecule has 2 unspecified atom stereocenters. The lowest BCUT2D eigenvalue weighted by atomic mass is 10.0. The molecule has 2 atom stereocenters. The molecule has 1 N–H and O–H groups in total. The lowest BCUT2D eigenvalue weighted by Crippen LogP contribution is -2.28. The maximum absolute atomic E-state index is 9.24. The van der Waals surface area contributed by atoms with Crippen LogP contribution in [0.25, 0.3) is 0 Å². The van der Waals surface area contributed by atoms with Crippen LogP contribution in [0.3, 0.4) is 0 Å². The first-order valence-corrected chi connectivity index (χ1v) is 5.61. The van der Waals surface area contributed by atoms with Gasteiger partial charge in [-0.25, -0.2) is 0 Å². The van der Waals surface area contributed by atoms with Crippen LogP contribution in [0, 0.1) is 0 Å². The molecule has 1 saturated heterocycles. The van der Waals surface area contributed by atoms with Gasteiger partial charge in [-0.1, -0.05) is 30.3 Å². The highest BCUT2D eigenvalue weighted by Crippen LogP contribution is 2.29. The van der Waals surface area contributed by atoms with Crippen molar-refractivity contribution in [3.05, 3.63) is 35.9 Å². The van der Waals surface area contributed by atoms with Crippen molar-refractivity contribution in [1.29, 1.82) is 0 Å². The van der Waals surface area contributed by atoms with Crippen LogP contribution in [-0.4, -0.2) is 29.7 Å². The number of hydrogen-bond acceptors (Lipinski definition) is 3. The molecule has 0 spiro atoms. The van der Waals surface area contributed by atoms with Gasteiger partial charge in [0.1, 0.15) is 6.10 Å². The third-order valence-electron chi connectivity index (χ3n) is 2.74. The van der Waals surface area contributed by atoms with Gasteiger partial charge in [0.15, 0.2) is 5.79 Å². The second kappa shape index (κ2) is 4.53. The zero-order chi connectivity index (χ0) is 11.6. The van der Waals surface area contributed by atoms with E-state index in [1.165, 1.54) is 5.56 Å². The lowest BCUT2D eigenvalue weighted by Gasteiger charge is -2.16. The van der Waals surface area contributed by atoms with E-state index < -0.39 is 5.79 Å². The quantitative estimate of drug-likeness (QED) is 0.846. The summed E-state index contributed by atoms with van der Waals surface area (Å²) in [7, 11) is 0. The monoisotopic (exact) mass is 222 g/mol. The highest BCUT2D eigenvalue weighted by molar-refractivity contribution is 5.16. The predicted molar refractivity (Wildman–Crippen MR) is 61.1 cm³/mol. The van der Waals surface area contributed by atoms with Crippen LogP contribution in [0.1, 0.15) is 19.4 Å².